The van der Waals surface area contributed by atoms with Gasteiger partial charge in [0, 0.05) is 12.0 Å². The van der Waals surface area contributed by atoms with Crippen LogP contribution in [0.25, 0.3) is 0 Å². The maximum Gasteiger partial charge on any atom is 0.227 e. The fourth-order valence-corrected chi connectivity index (χ4v) is 1.95. The van der Waals surface area contributed by atoms with Gasteiger partial charge >= 0.3 is 0 Å². The fourth-order valence-electron chi connectivity index (χ4n) is 1.77. The van der Waals surface area contributed by atoms with Crippen LogP contribution in [0.4, 0.5) is 0 Å². The molecule has 0 aliphatic carbocycles. The summed E-state index contributed by atoms with van der Waals surface area (Å²) in [5, 5.41) is 9.53. The van der Waals surface area contributed by atoms with E-state index < -0.39 is 0 Å². The minimum Gasteiger partial charge on any atom is -0.493 e. The number of nitrogens with zero attached hydrogens (tertiary/aromatic N) is 2. The van der Waals surface area contributed by atoms with E-state index in [-0.39, 0.29) is 6.61 Å². The highest BCUT2D eigenvalue weighted by Gasteiger charge is 2.13. The molecule has 1 aromatic heterocycles. The number of aliphatic hydroxyl groups excluding tert-OH is 1. The number of rotatable bonds is 5. The van der Waals surface area contributed by atoms with Gasteiger partial charge in [-0.15, -0.1) is 0 Å². The van der Waals surface area contributed by atoms with Crippen LogP contribution in [0.2, 0.25) is 5.15 Å². The van der Waals surface area contributed by atoms with Crippen molar-refractivity contribution in [1.29, 1.82) is 0 Å². The van der Waals surface area contributed by atoms with Gasteiger partial charge < -0.3 is 14.6 Å². The normalized spacial score (nSPS) is 10.5. The molecular formula is C15H17ClN2O3. The van der Waals surface area contributed by atoms with E-state index >= 15 is 0 Å². The smallest absolute Gasteiger partial charge is 0.227 e. The van der Waals surface area contributed by atoms with Crippen molar-refractivity contribution in [3.8, 4) is 17.4 Å². The van der Waals surface area contributed by atoms with Crippen LogP contribution in [-0.4, -0.2) is 22.2 Å². The highest BCUT2D eigenvalue weighted by Crippen LogP contribution is 2.34. The van der Waals surface area contributed by atoms with Crippen LogP contribution in [0, 0.1) is 6.92 Å². The van der Waals surface area contributed by atoms with Crippen LogP contribution in [-0.2, 0) is 13.0 Å². The molecule has 0 amide bonds. The van der Waals surface area contributed by atoms with Gasteiger partial charge in [-0.2, -0.15) is 4.98 Å². The van der Waals surface area contributed by atoms with Crippen molar-refractivity contribution >= 4 is 11.6 Å². The molecule has 21 heavy (non-hydrogen) atoms. The van der Waals surface area contributed by atoms with Crippen LogP contribution in [0.5, 0.6) is 17.4 Å². The van der Waals surface area contributed by atoms with Gasteiger partial charge in [-0.25, -0.2) is 4.98 Å². The minimum atomic E-state index is -0.0605. The van der Waals surface area contributed by atoms with E-state index in [9.17, 15) is 0 Å². The zero-order chi connectivity index (χ0) is 15.4. The molecule has 2 aromatic rings. The summed E-state index contributed by atoms with van der Waals surface area (Å²) in [7, 11) is 1.54. The quantitative estimate of drug-likeness (QED) is 0.859. The summed E-state index contributed by atoms with van der Waals surface area (Å²) >= 11 is 6.09. The molecule has 0 radical (unpaired) electrons. The number of aliphatic hydroxyl groups is 1. The third-order valence-electron chi connectivity index (χ3n) is 3.02. The molecule has 2 rings (SSSR count). The molecule has 112 valence electrons. The SMILES string of the molecule is CCc1nc(Cl)c(C)c(Oc2ccc(CO)cc2OC)n1. The largest absolute Gasteiger partial charge is 0.493 e. The second-order valence-corrected chi connectivity index (χ2v) is 4.82. The van der Waals surface area contributed by atoms with Gasteiger partial charge in [0.2, 0.25) is 5.88 Å². The molecular weight excluding hydrogens is 292 g/mol. The molecule has 0 aliphatic heterocycles. The van der Waals surface area contributed by atoms with Gasteiger partial charge in [0.15, 0.2) is 11.5 Å². The predicted octanol–water partition coefficient (Wildman–Crippen LogP) is 3.29. The van der Waals surface area contributed by atoms with Gasteiger partial charge in [0.25, 0.3) is 0 Å². The van der Waals surface area contributed by atoms with Crippen molar-refractivity contribution in [2.24, 2.45) is 0 Å². The first-order valence-electron chi connectivity index (χ1n) is 6.57. The summed E-state index contributed by atoms with van der Waals surface area (Å²) in [5.74, 6) is 2.05. The summed E-state index contributed by atoms with van der Waals surface area (Å²) in [6.07, 6.45) is 0.664. The van der Waals surface area contributed by atoms with Crippen molar-refractivity contribution in [2.75, 3.05) is 7.11 Å². The molecule has 0 unspecified atom stereocenters. The summed E-state index contributed by atoms with van der Waals surface area (Å²) in [6.45, 7) is 3.68. The van der Waals surface area contributed by atoms with Crippen molar-refractivity contribution in [3.63, 3.8) is 0 Å². The van der Waals surface area contributed by atoms with E-state index in [4.69, 9.17) is 26.2 Å². The molecule has 0 bridgehead atoms. The van der Waals surface area contributed by atoms with Crippen LogP contribution < -0.4 is 9.47 Å². The topological polar surface area (TPSA) is 64.5 Å². The van der Waals surface area contributed by atoms with Crippen LogP contribution in [0.1, 0.15) is 23.9 Å². The second kappa shape index (κ2) is 6.74. The Labute approximate surface area is 128 Å². The molecule has 1 aromatic carbocycles. The zero-order valence-electron chi connectivity index (χ0n) is 12.2. The number of hydrogen-bond acceptors (Lipinski definition) is 5. The Morgan fingerprint density at radius 2 is 2.00 bits per heavy atom. The number of benzene rings is 1. The van der Waals surface area contributed by atoms with E-state index in [2.05, 4.69) is 9.97 Å². The lowest BCUT2D eigenvalue weighted by atomic mass is 10.2. The maximum atomic E-state index is 9.15. The van der Waals surface area contributed by atoms with Crippen molar-refractivity contribution < 1.29 is 14.6 Å². The number of methoxy groups -OCH3 is 1. The predicted molar refractivity (Wildman–Crippen MR) is 80.1 cm³/mol. The lowest BCUT2D eigenvalue weighted by Crippen LogP contribution is -2.01. The van der Waals surface area contributed by atoms with E-state index in [0.29, 0.717) is 40.3 Å². The van der Waals surface area contributed by atoms with Crippen LogP contribution in [0.3, 0.4) is 0 Å². The highest BCUT2D eigenvalue weighted by molar-refractivity contribution is 6.30. The van der Waals surface area contributed by atoms with E-state index in [0.717, 1.165) is 5.56 Å². The average Bonchev–Trinajstić information content (AvgIpc) is 2.51. The number of ether oxygens (including phenoxy) is 2. The Hall–Kier alpha value is -1.85. The molecule has 0 fully saturated rings. The Bertz CT molecular complexity index is 647. The number of aryl methyl sites for hydroxylation is 1. The average molecular weight is 309 g/mol. The number of halogens is 1. The molecule has 1 heterocycles. The Balaban J connectivity index is 2.40. The van der Waals surface area contributed by atoms with Crippen LogP contribution >= 0.6 is 11.6 Å². The molecule has 0 spiro atoms. The van der Waals surface area contributed by atoms with Gasteiger partial charge in [-0.05, 0) is 24.6 Å². The molecule has 0 saturated carbocycles. The number of hydrogen-bond donors (Lipinski definition) is 1. The summed E-state index contributed by atoms with van der Waals surface area (Å²) in [5.41, 5.74) is 1.41. The standard InChI is InChI=1S/C15H17ClN2O3/c1-4-13-17-14(16)9(2)15(18-13)21-11-6-5-10(8-19)7-12(11)20-3/h5-7,19H,4,8H2,1-3H3. The third kappa shape index (κ3) is 3.43. The van der Waals surface area contributed by atoms with E-state index in [1.165, 1.54) is 0 Å². The van der Waals surface area contributed by atoms with Crippen molar-refractivity contribution in [2.45, 2.75) is 26.9 Å². The van der Waals surface area contributed by atoms with E-state index in [1.807, 2.05) is 6.92 Å². The number of aromatic nitrogens is 2. The van der Waals surface area contributed by atoms with Gasteiger partial charge in [0.1, 0.15) is 11.0 Å². The summed E-state index contributed by atoms with van der Waals surface area (Å²) in [6, 6.07) is 5.20. The van der Waals surface area contributed by atoms with Gasteiger partial charge in [-0.1, -0.05) is 24.6 Å². The highest BCUT2D eigenvalue weighted by atomic mass is 35.5. The second-order valence-electron chi connectivity index (χ2n) is 4.46. The third-order valence-corrected chi connectivity index (χ3v) is 3.39. The van der Waals surface area contributed by atoms with Gasteiger partial charge in [-0.3, -0.25) is 0 Å². The summed E-state index contributed by atoms with van der Waals surface area (Å²) < 4.78 is 11.1. The minimum absolute atomic E-state index is 0.0605. The van der Waals surface area contributed by atoms with Crippen LogP contribution in [0.15, 0.2) is 18.2 Å². The van der Waals surface area contributed by atoms with Gasteiger partial charge in [0.05, 0.1) is 13.7 Å². The first-order chi connectivity index (χ1) is 10.1. The van der Waals surface area contributed by atoms with Crippen molar-refractivity contribution in [1.82, 2.24) is 9.97 Å². The molecule has 0 atom stereocenters. The Morgan fingerprint density at radius 3 is 2.62 bits per heavy atom. The maximum absolute atomic E-state index is 9.15. The zero-order valence-corrected chi connectivity index (χ0v) is 12.9. The molecule has 0 saturated heterocycles. The van der Waals surface area contributed by atoms with Crippen molar-refractivity contribution in [3.05, 3.63) is 40.3 Å². The Morgan fingerprint density at radius 1 is 1.24 bits per heavy atom. The molecule has 5 nitrogen and oxygen atoms in total. The Kier molecular flexibility index (Phi) is 4.98. The fraction of sp³-hybridized carbons (Fsp3) is 0.333. The monoisotopic (exact) mass is 308 g/mol. The first-order valence-corrected chi connectivity index (χ1v) is 6.95. The molecule has 1 N–H and O–H groups in total. The first kappa shape index (κ1) is 15.5. The van der Waals surface area contributed by atoms with E-state index in [1.54, 1.807) is 32.2 Å². The lowest BCUT2D eigenvalue weighted by molar-refractivity contribution is 0.280. The lowest BCUT2D eigenvalue weighted by Gasteiger charge is -2.13. The summed E-state index contributed by atoms with van der Waals surface area (Å²) in [4.78, 5) is 8.52. The molecule has 6 heteroatoms. The molecule has 0 aliphatic rings.